The number of rotatable bonds is 6. The number of sulfone groups is 1. The van der Waals surface area contributed by atoms with E-state index in [2.05, 4.69) is 0 Å². The van der Waals surface area contributed by atoms with E-state index in [1.807, 2.05) is 37.3 Å². The van der Waals surface area contributed by atoms with Gasteiger partial charge in [-0.15, -0.1) is 0 Å². The molecule has 0 radical (unpaired) electrons. The Kier molecular flexibility index (Phi) is 4.85. The summed E-state index contributed by atoms with van der Waals surface area (Å²) < 4.78 is 30.2. The molecule has 0 saturated carbocycles. The van der Waals surface area contributed by atoms with Gasteiger partial charge in [0.15, 0.2) is 9.84 Å². The van der Waals surface area contributed by atoms with Crippen molar-refractivity contribution in [1.29, 1.82) is 0 Å². The maximum Gasteiger partial charge on any atom is 0.180 e. The van der Waals surface area contributed by atoms with Crippen LogP contribution in [-0.4, -0.2) is 20.8 Å². The first-order valence-electron chi connectivity index (χ1n) is 6.82. The molecule has 0 spiro atoms. The third kappa shape index (κ3) is 3.98. The second-order valence-corrected chi connectivity index (χ2v) is 6.76. The Morgan fingerprint density at radius 3 is 2.48 bits per heavy atom. The van der Waals surface area contributed by atoms with Crippen molar-refractivity contribution < 1.29 is 13.2 Å². The second-order valence-electron chi connectivity index (χ2n) is 4.69. The van der Waals surface area contributed by atoms with E-state index in [1.54, 1.807) is 12.1 Å². The molecule has 0 unspecified atom stereocenters. The van der Waals surface area contributed by atoms with Crippen molar-refractivity contribution in [2.45, 2.75) is 18.2 Å². The van der Waals surface area contributed by atoms with Gasteiger partial charge in [0.1, 0.15) is 5.75 Å². The highest BCUT2D eigenvalue weighted by Gasteiger charge is 2.18. The van der Waals surface area contributed by atoms with Crippen LogP contribution in [0.2, 0.25) is 0 Å². The van der Waals surface area contributed by atoms with Gasteiger partial charge in [-0.1, -0.05) is 30.3 Å². The summed E-state index contributed by atoms with van der Waals surface area (Å²) in [6.07, 6.45) is 0.460. The molecule has 2 rings (SSSR count). The Labute approximate surface area is 125 Å². The monoisotopic (exact) mass is 305 g/mol. The molecule has 0 heterocycles. The molecule has 0 amide bonds. The lowest BCUT2D eigenvalue weighted by Gasteiger charge is -2.10. The molecule has 0 atom stereocenters. The van der Waals surface area contributed by atoms with Crippen LogP contribution in [0.4, 0.5) is 5.69 Å². The Balaban J connectivity index is 2.21. The van der Waals surface area contributed by atoms with Crippen LogP contribution in [0.15, 0.2) is 53.4 Å². The van der Waals surface area contributed by atoms with Crippen LogP contribution >= 0.6 is 0 Å². The Morgan fingerprint density at radius 1 is 1.10 bits per heavy atom. The lowest BCUT2D eigenvalue weighted by Crippen LogP contribution is -2.12. The number of ether oxygens (including phenoxy) is 1. The zero-order valence-electron chi connectivity index (χ0n) is 12.0. The number of aryl methyl sites for hydroxylation is 1. The molecule has 2 aromatic carbocycles. The standard InChI is InChI=1S/C16H19NO3S/c1-2-20-14-8-9-15(17)16(12-14)21(18,19)11-10-13-6-4-3-5-7-13/h3-9,12H,2,10-11,17H2,1H3. The number of nitrogens with two attached hydrogens (primary N) is 1. The van der Waals surface area contributed by atoms with E-state index in [9.17, 15) is 8.42 Å². The smallest absolute Gasteiger partial charge is 0.180 e. The Bertz CT molecular complexity index is 697. The summed E-state index contributed by atoms with van der Waals surface area (Å²) in [5, 5.41) is 0. The van der Waals surface area contributed by atoms with Gasteiger partial charge in [-0.3, -0.25) is 0 Å². The molecule has 0 aliphatic carbocycles. The van der Waals surface area contributed by atoms with Crippen molar-refractivity contribution in [1.82, 2.24) is 0 Å². The van der Waals surface area contributed by atoms with Crippen molar-refractivity contribution in [3.63, 3.8) is 0 Å². The van der Waals surface area contributed by atoms with Gasteiger partial charge in [0.25, 0.3) is 0 Å². The highest BCUT2D eigenvalue weighted by molar-refractivity contribution is 7.91. The molecule has 5 heteroatoms. The average Bonchev–Trinajstić information content (AvgIpc) is 2.48. The molecule has 0 aromatic heterocycles. The fourth-order valence-corrected chi connectivity index (χ4v) is 3.49. The van der Waals surface area contributed by atoms with Crippen LogP contribution in [0.1, 0.15) is 12.5 Å². The lowest BCUT2D eigenvalue weighted by atomic mass is 10.2. The summed E-state index contributed by atoms with van der Waals surface area (Å²) in [7, 11) is -3.43. The van der Waals surface area contributed by atoms with Crippen LogP contribution in [0.3, 0.4) is 0 Å². The number of hydrogen-bond donors (Lipinski definition) is 1. The zero-order valence-corrected chi connectivity index (χ0v) is 12.8. The maximum atomic E-state index is 12.4. The first kappa shape index (κ1) is 15.4. The van der Waals surface area contributed by atoms with Crippen molar-refractivity contribution >= 4 is 15.5 Å². The number of benzene rings is 2. The van der Waals surface area contributed by atoms with Crippen LogP contribution in [0.5, 0.6) is 5.75 Å². The lowest BCUT2D eigenvalue weighted by molar-refractivity contribution is 0.339. The summed E-state index contributed by atoms with van der Waals surface area (Å²) in [5.74, 6) is 0.543. The van der Waals surface area contributed by atoms with Gasteiger partial charge in [0, 0.05) is 6.07 Å². The highest BCUT2D eigenvalue weighted by atomic mass is 32.2. The number of anilines is 1. The third-order valence-corrected chi connectivity index (χ3v) is 4.90. The molecule has 4 nitrogen and oxygen atoms in total. The van der Waals surface area contributed by atoms with Gasteiger partial charge in [0.2, 0.25) is 0 Å². The third-order valence-electron chi connectivity index (χ3n) is 3.13. The molecule has 0 bridgehead atoms. The van der Waals surface area contributed by atoms with Gasteiger partial charge in [-0.05, 0) is 31.0 Å². The highest BCUT2D eigenvalue weighted by Crippen LogP contribution is 2.25. The number of hydrogen-bond acceptors (Lipinski definition) is 4. The van der Waals surface area contributed by atoms with Crippen LogP contribution in [-0.2, 0) is 16.3 Å². The Hall–Kier alpha value is -2.01. The predicted octanol–water partition coefficient (Wildman–Crippen LogP) is 2.68. The minimum Gasteiger partial charge on any atom is -0.494 e. The number of nitrogen functional groups attached to an aromatic ring is 1. The fourth-order valence-electron chi connectivity index (χ4n) is 2.05. The molecule has 0 fully saturated rings. The molecule has 2 aromatic rings. The molecule has 2 N–H and O–H groups in total. The van der Waals surface area contributed by atoms with Crippen molar-refractivity contribution in [2.24, 2.45) is 0 Å². The van der Waals surface area contributed by atoms with E-state index in [1.165, 1.54) is 6.07 Å². The van der Waals surface area contributed by atoms with E-state index in [0.29, 0.717) is 18.8 Å². The first-order chi connectivity index (χ1) is 10.0. The van der Waals surface area contributed by atoms with E-state index in [0.717, 1.165) is 5.56 Å². The van der Waals surface area contributed by atoms with Gasteiger partial charge in [-0.2, -0.15) is 0 Å². The summed E-state index contributed by atoms with van der Waals surface area (Å²) in [6, 6.07) is 14.3. The van der Waals surface area contributed by atoms with Crippen molar-refractivity contribution in [2.75, 3.05) is 18.1 Å². The second kappa shape index (κ2) is 6.63. The molecule has 0 aliphatic rings. The van der Waals surface area contributed by atoms with E-state index < -0.39 is 9.84 Å². The Morgan fingerprint density at radius 2 is 1.81 bits per heavy atom. The zero-order chi connectivity index (χ0) is 15.3. The first-order valence-corrected chi connectivity index (χ1v) is 8.47. The maximum absolute atomic E-state index is 12.4. The summed E-state index contributed by atoms with van der Waals surface area (Å²) in [5.41, 5.74) is 7.05. The molecular weight excluding hydrogens is 286 g/mol. The molecule has 0 saturated heterocycles. The van der Waals surface area contributed by atoms with E-state index in [-0.39, 0.29) is 16.3 Å². The summed E-state index contributed by atoms with van der Waals surface area (Å²) in [4.78, 5) is 0.143. The van der Waals surface area contributed by atoms with E-state index >= 15 is 0 Å². The molecular formula is C16H19NO3S. The fraction of sp³-hybridized carbons (Fsp3) is 0.250. The topological polar surface area (TPSA) is 69.4 Å². The largest absolute Gasteiger partial charge is 0.494 e. The minimum absolute atomic E-state index is 0.0246. The average molecular weight is 305 g/mol. The molecule has 112 valence electrons. The minimum atomic E-state index is -3.43. The van der Waals surface area contributed by atoms with Crippen molar-refractivity contribution in [3.8, 4) is 5.75 Å². The quantitative estimate of drug-likeness (QED) is 0.833. The van der Waals surface area contributed by atoms with Crippen LogP contribution in [0.25, 0.3) is 0 Å². The van der Waals surface area contributed by atoms with Crippen LogP contribution < -0.4 is 10.5 Å². The van der Waals surface area contributed by atoms with Gasteiger partial charge in [0.05, 0.1) is 22.9 Å². The van der Waals surface area contributed by atoms with Crippen molar-refractivity contribution in [3.05, 3.63) is 54.1 Å². The van der Waals surface area contributed by atoms with Gasteiger partial charge < -0.3 is 10.5 Å². The van der Waals surface area contributed by atoms with Gasteiger partial charge in [-0.25, -0.2) is 8.42 Å². The summed E-state index contributed by atoms with van der Waals surface area (Å²) in [6.45, 7) is 2.33. The predicted molar refractivity (Wildman–Crippen MR) is 84.2 cm³/mol. The normalized spacial score (nSPS) is 11.3. The molecule has 21 heavy (non-hydrogen) atoms. The van der Waals surface area contributed by atoms with E-state index in [4.69, 9.17) is 10.5 Å². The van der Waals surface area contributed by atoms with Gasteiger partial charge >= 0.3 is 0 Å². The van der Waals surface area contributed by atoms with Crippen LogP contribution in [0, 0.1) is 0 Å². The SMILES string of the molecule is CCOc1ccc(N)c(S(=O)(=O)CCc2ccccc2)c1. The summed E-state index contributed by atoms with van der Waals surface area (Å²) >= 11 is 0. The molecule has 0 aliphatic heterocycles.